The molecule has 0 saturated heterocycles. The Kier molecular flexibility index (Phi) is 3.44. The van der Waals surface area contributed by atoms with Crippen molar-refractivity contribution < 1.29 is 4.74 Å². The second-order valence-electron chi connectivity index (χ2n) is 4.81. The van der Waals surface area contributed by atoms with Gasteiger partial charge in [-0.05, 0) is 32.8 Å². The van der Waals surface area contributed by atoms with Gasteiger partial charge in [-0.2, -0.15) is 0 Å². The third-order valence-corrected chi connectivity index (χ3v) is 4.45. The summed E-state index contributed by atoms with van der Waals surface area (Å²) in [6, 6.07) is 4.02. The van der Waals surface area contributed by atoms with Crippen molar-refractivity contribution in [2.45, 2.75) is 26.7 Å². The average molecular weight is 287 g/mol. The van der Waals surface area contributed by atoms with Crippen LogP contribution in [0.3, 0.4) is 0 Å². The van der Waals surface area contributed by atoms with E-state index < -0.39 is 0 Å². The smallest absolute Gasteiger partial charge is 0.216 e. The van der Waals surface area contributed by atoms with Crippen LogP contribution in [-0.4, -0.2) is 21.5 Å². The minimum atomic E-state index is 0.716. The fourth-order valence-corrected chi connectivity index (χ4v) is 3.44. The van der Waals surface area contributed by atoms with Crippen LogP contribution < -0.4 is 4.74 Å². The van der Waals surface area contributed by atoms with Gasteiger partial charge in [-0.25, -0.2) is 9.97 Å². The molecule has 0 saturated carbocycles. The first kappa shape index (κ1) is 13.1. The molecule has 3 aromatic rings. The van der Waals surface area contributed by atoms with Gasteiger partial charge in [0, 0.05) is 28.5 Å². The summed E-state index contributed by atoms with van der Waals surface area (Å²) in [5.41, 5.74) is 4.78. The predicted octanol–water partition coefficient (Wildman–Crippen LogP) is 3.20. The lowest BCUT2D eigenvalue weighted by atomic mass is 10.1. The highest BCUT2D eigenvalue weighted by Gasteiger charge is 2.13. The molecule has 0 bridgehead atoms. The first-order chi connectivity index (χ1) is 9.70. The topological polar surface area (TPSA) is 39.4 Å². The summed E-state index contributed by atoms with van der Waals surface area (Å²) in [5.74, 6) is 0.716. The van der Waals surface area contributed by atoms with E-state index in [-0.39, 0.29) is 0 Å². The molecule has 3 rings (SSSR count). The molecule has 0 radical (unpaired) electrons. The Morgan fingerprint density at radius 2 is 2.15 bits per heavy atom. The fraction of sp³-hybridized carbons (Fsp3) is 0.333. The second-order valence-corrected chi connectivity index (χ2v) is 5.65. The Labute approximate surface area is 122 Å². The molecule has 104 valence electrons. The largest absolute Gasteiger partial charge is 0.481 e. The molecule has 0 aromatic carbocycles. The molecule has 0 aliphatic heterocycles. The minimum Gasteiger partial charge on any atom is -0.481 e. The van der Waals surface area contributed by atoms with Crippen LogP contribution in [0.1, 0.15) is 22.6 Å². The van der Waals surface area contributed by atoms with Gasteiger partial charge in [0.2, 0.25) is 5.88 Å². The van der Waals surface area contributed by atoms with Gasteiger partial charge in [-0.1, -0.05) is 6.07 Å². The minimum absolute atomic E-state index is 0.716. The number of nitrogens with zero attached hydrogens (tertiary/aromatic N) is 3. The van der Waals surface area contributed by atoms with E-state index in [2.05, 4.69) is 39.7 Å². The van der Waals surface area contributed by atoms with Crippen molar-refractivity contribution in [3.63, 3.8) is 0 Å². The molecular formula is C15H17N3OS. The molecule has 3 heterocycles. The van der Waals surface area contributed by atoms with Crippen LogP contribution in [0.25, 0.3) is 4.96 Å². The van der Waals surface area contributed by atoms with E-state index >= 15 is 0 Å². The van der Waals surface area contributed by atoms with Crippen LogP contribution in [0.15, 0.2) is 23.7 Å². The van der Waals surface area contributed by atoms with E-state index in [1.54, 1.807) is 24.6 Å². The Balaban J connectivity index is 1.90. The second kappa shape index (κ2) is 5.25. The number of methoxy groups -OCH3 is 1. The molecule has 0 unspecified atom stereocenters. The highest BCUT2D eigenvalue weighted by atomic mass is 32.1. The van der Waals surface area contributed by atoms with Crippen LogP contribution in [-0.2, 0) is 12.8 Å². The number of aromatic nitrogens is 3. The van der Waals surface area contributed by atoms with E-state index in [0.717, 1.165) is 29.1 Å². The maximum absolute atomic E-state index is 5.31. The van der Waals surface area contributed by atoms with Crippen LogP contribution in [0.4, 0.5) is 0 Å². The van der Waals surface area contributed by atoms with Gasteiger partial charge < -0.3 is 4.74 Å². The van der Waals surface area contributed by atoms with E-state index in [1.165, 1.54) is 11.4 Å². The Morgan fingerprint density at radius 3 is 2.95 bits per heavy atom. The number of fused-ring (bicyclic) bond motifs is 1. The summed E-state index contributed by atoms with van der Waals surface area (Å²) in [7, 11) is 1.66. The van der Waals surface area contributed by atoms with Gasteiger partial charge in [0.25, 0.3) is 0 Å². The summed E-state index contributed by atoms with van der Waals surface area (Å²) >= 11 is 1.69. The van der Waals surface area contributed by atoms with Crippen LogP contribution >= 0.6 is 11.3 Å². The van der Waals surface area contributed by atoms with Crippen molar-refractivity contribution in [1.29, 1.82) is 0 Å². The van der Waals surface area contributed by atoms with Crippen molar-refractivity contribution >= 4 is 16.3 Å². The lowest BCUT2D eigenvalue weighted by Gasteiger charge is -2.07. The third kappa shape index (κ3) is 2.18. The number of ether oxygens (including phenoxy) is 1. The van der Waals surface area contributed by atoms with Gasteiger partial charge >= 0.3 is 0 Å². The molecule has 5 heteroatoms. The molecule has 0 atom stereocenters. The zero-order valence-electron chi connectivity index (χ0n) is 11.9. The van der Waals surface area contributed by atoms with E-state index in [9.17, 15) is 0 Å². The molecule has 20 heavy (non-hydrogen) atoms. The van der Waals surface area contributed by atoms with Gasteiger partial charge in [0.05, 0.1) is 12.8 Å². The number of hydrogen-bond acceptors (Lipinski definition) is 4. The van der Waals surface area contributed by atoms with Crippen molar-refractivity contribution in [3.8, 4) is 5.88 Å². The molecule has 0 fully saturated rings. The monoisotopic (exact) mass is 287 g/mol. The molecule has 3 aromatic heterocycles. The molecule has 0 aliphatic rings. The zero-order chi connectivity index (χ0) is 14.1. The zero-order valence-corrected chi connectivity index (χ0v) is 12.7. The number of pyridine rings is 1. The van der Waals surface area contributed by atoms with Gasteiger partial charge in [0.1, 0.15) is 0 Å². The van der Waals surface area contributed by atoms with E-state index in [4.69, 9.17) is 4.74 Å². The molecule has 4 nitrogen and oxygen atoms in total. The Hall–Kier alpha value is -1.88. The molecule has 0 spiro atoms. The third-order valence-electron chi connectivity index (χ3n) is 3.50. The summed E-state index contributed by atoms with van der Waals surface area (Å²) in [4.78, 5) is 9.95. The van der Waals surface area contributed by atoms with Crippen molar-refractivity contribution in [1.82, 2.24) is 14.4 Å². The SMILES string of the molecule is COc1ncccc1CCc1c(C)nc2scc(C)n12. The average Bonchev–Trinajstić information content (AvgIpc) is 2.96. The van der Waals surface area contributed by atoms with Gasteiger partial charge in [0.15, 0.2) is 4.96 Å². The Morgan fingerprint density at radius 1 is 1.30 bits per heavy atom. The number of imidazole rings is 1. The molecule has 0 amide bonds. The highest BCUT2D eigenvalue weighted by Crippen LogP contribution is 2.23. The van der Waals surface area contributed by atoms with Crippen molar-refractivity contribution in [3.05, 3.63) is 46.4 Å². The van der Waals surface area contributed by atoms with Crippen LogP contribution in [0.5, 0.6) is 5.88 Å². The van der Waals surface area contributed by atoms with E-state index in [0.29, 0.717) is 5.88 Å². The van der Waals surface area contributed by atoms with Crippen LogP contribution in [0, 0.1) is 13.8 Å². The van der Waals surface area contributed by atoms with E-state index in [1.807, 2.05) is 6.07 Å². The maximum Gasteiger partial charge on any atom is 0.216 e. The van der Waals surface area contributed by atoms with Gasteiger partial charge in [-0.15, -0.1) is 11.3 Å². The first-order valence-corrected chi connectivity index (χ1v) is 7.48. The summed E-state index contributed by atoms with van der Waals surface area (Å²) in [6.45, 7) is 4.20. The molecule has 0 aliphatic carbocycles. The molecular weight excluding hydrogens is 270 g/mol. The lowest BCUT2D eigenvalue weighted by molar-refractivity contribution is 0.392. The number of aryl methyl sites for hydroxylation is 4. The summed E-state index contributed by atoms with van der Waals surface area (Å²) < 4.78 is 7.56. The number of thiazole rings is 1. The number of rotatable bonds is 4. The van der Waals surface area contributed by atoms with Gasteiger partial charge in [-0.3, -0.25) is 4.40 Å². The Bertz CT molecular complexity index is 745. The number of hydrogen-bond donors (Lipinski definition) is 0. The molecule has 0 N–H and O–H groups in total. The first-order valence-electron chi connectivity index (χ1n) is 6.60. The normalized spacial score (nSPS) is 11.2. The summed E-state index contributed by atoms with van der Waals surface area (Å²) in [5, 5.41) is 2.15. The summed E-state index contributed by atoms with van der Waals surface area (Å²) in [6.07, 6.45) is 3.60. The van der Waals surface area contributed by atoms with Crippen molar-refractivity contribution in [2.24, 2.45) is 0 Å². The van der Waals surface area contributed by atoms with Crippen molar-refractivity contribution in [2.75, 3.05) is 7.11 Å². The maximum atomic E-state index is 5.31. The highest BCUT2D eigenvalue weighted by molar-refractivity contribution is 7.15. The quantitative estimate of drug-likeness (QED) is 0.739. The fourth-order valence-electron chi connectivity index (χ4n) is 2.51. The predicted molar refractivity (Wildman–Crippen MR) is 80.7 cm³/mol. The van der Waals surface area contributed by atoms with Crippen LogP contribution in [0.2, 0.25) is 0 Å². The standard InChI is InChI=1S/C15H17N3OS/c1-10-9-20-15-17-11(2)13(18(10)15)7-6-12-5-4-8-16-14(12)19-3/h4-5,8-9H,6-7H2,1-3H3. The lowest BCUT2D eigenvalue weighted by Crippen LogP contribution is -2.01.